The molecule has 0 saturated carbocycles. The molecule has 0 N–H and O–H groups in total. The van der Waals surface area contributed by atoms with E-state index in [1.54, 1.807) is 0 Å². The first-order valence-corrected chi connectivity index (χ1v) is 5.15. The van der Waals surface area contributed by atoms with Gasteiger partial charge in [0.25, 0.3) is 0 Å². The molecule has 108 valence electrons. The number of hydrogen-bond acceptors (Lipinski definition) is 2. The molecule has 0 atom stereocenters. The number of aryl methyl sites for hydroxylation is 1. The van der Waals surface area contributed by atoms with Crippen molar-refractivity contribution in [3.8, 4) is 11.5 Å². The molecule has 0 heterocycles. The monoisotopic (exact) mass is 288 g/mol. The summed E-state index contributed by atoms with van der Waals surface area (Å²) in [6.45, 7) is 2.40. The lowest BCUT2D eigenvalue weighted by Crippen LogP contribution is -2.21. The second-order valence-electron chi connectivity index (χ2n) is 3.56. The van der Waals surface area contributed by atoms with Crippen molar-refractivity contribution in [1.29, 1.82) is 0 Å². The van der Waals surface area contributed by atoms with Crippen LogP contribution in [-0.4, -0.2) is 13.0 Å². The van der Waals surface area contributed by atoms with E-state index in [1.165, 1.54) is 6.92 Å². The average Bonchev–Trinajstić information content (AvgIpc) is 2.19. The fraction of sp³-hybridized carbons (Fsp3) is 0.455. The van der Waals surface area contributed by atoms with Gasteiger partial charge in [-0.1, -0.05) is 6.07 Å². The molecule has 0 radical (unpaired) electrons. The minimum Gasteiger partial charge on any atom is -0.493 e. The Kier molecular flexibility index (Phi) is 4.21. The fourth-order valence-corrected chi connectivity index (χ4v) is 1.46. The Morgan fingerprint density at radius 1 is 1.05 bits per heavy atom. The van der Waals surface area contributed by atoms with Gasteiger partial charge in [0.15, 0.2) is 0 Å². The molecule has 0 aliphatic heterocycles. The zero-order valence-electron chi connectivity index (χ0n) is 9.95. The summed E-state index contributed by atoms with van der Waals surface area (Å²) in [6.07, 6.45) is -10.2. The predicted molar refractivity (Wildman–Crippen MR) is 54.0 cm³/mol. The van der Waals surface area contributed by atoms with Crippen molar-refractivity contribution >= 4 is 0 Å². The molecule has 0 saturated heterocycles. The number of hydrogen-bond donors (Lipinski definition) is 0. The van der Waals surface area contributed by atoms with Gasteiger partial charge in [0.1, 0.15) is 17.1 Å². The Balaban J connectivity index is 3.45. The molecular weight excluding hydrogens is 278 g/mol. The molecule has 2 nitrogen and oxygen atoms in total. The zero-order valence-corrected chi connectivity index (χ0v) is 9.95. The summed E-state index contributed by atoms with van der Waals surface area (Å²) < 4.78 is 83.3. The highest BCUT2D eigenvalue weighted by atomic mass is 19.4. The van der Waals surface area contributed by atoms with Gasteiger partial charge in [-0.15, -0.1) is 13.2 Å². The lowest BCUT2D eigenvalue weighted by molar-refractivity contribution is -0.276. The molecule has 0 bridgehead atoms. The number of halogens is 6. The van der Waals surface area contributed by atoms with Crippen LogP contribution in [0.5, 0.6) is 11.5 Å². The fourth-order valence-electron chi connectivity index (χ4n) is 1.46. The first-order chi connectivity index (χ1) is 8.56. The first kappa shape index (κ1) is 15.5. The van der Waals surface area contributed by atoms with Crippen molar-refractivity contribution in [2.45, 2.75) is 26.4 Å². The average molecular weight is 288 g/mol. The molecule has 1 aromatic rings. The van der Waals surface area contributed by atoms with E-state index in [9.17, 15) is 26.3 Å². The summed E-state index contributed by atoms with van der Waals surface area (Å²) >= 11 is 0. The smallest absolute Gasteiger partial charge is 0.493 e. The van der Waals surface area contributed by atoms with Crippen LogP contribution in [0.25, 0.3) is 0 Å². The van der Waals surface area contributed by atoms with E-state index in [1.807, 2.05) is 0 Å². The SMILES string of the molecule is CCOc1ccc(C)c(OC(F)(F)F)c1C(F)(F)F. The maximum absolute atomic E-state index is 12.9. The molecule has 0 aliphatic carbocycles. The normalized spacial score (nSPS) is 12.4. The van der Waals surface area contributed by atoms with Crippen molar-refractivity contribution in [3.05, 3.63) is 23.3 Å². The summed E-state index contributed by atoms with van der Waals surface area (Å²) in [5.41, 5.74) is -1.85. The topological polar surface area (TPSA) is 18.5 Å². The standard InChI is InChI=1S/C11H10F6O2/c1-3-18-7-5-4-6(2)9(19-11(15,16)17)8(7)10(12,13)14/h4-5H,3H2,1-2H3. The van der Waals surface area contributed by atoms with E-state index in [4.69, 9.17) is 4.74 Å². The Morgan fingerprint density at radius 3 is 2.05 bits per heavy atom. The molecule has 0 amide bonds. The minimum atomic E-state index is -5.21. The van der Waals surface area contributed by atoms with E-state index in [-0.39, 0.29) is 12.2 Å². The van der Waals surface area contributed by atoms with Gasteiger partial charge in [0, 0.05) is 0 Å². The molecule has 8 heteroatoms. The molecular formula is C11H10F6O2. The Labute approximate surface area is 104 Å². The van der Waals surface area contributed by atoms with Gasteiger partial charge < -0.3 is 9.47 Å². The van der Waals surface area contributed by atoms with Gasteiger partial charge >= 0.3 is 12.5 Å². The van der Waals surface area contributed by atoms with Crippen LogP contribution < -0.4 is 9.47 Å². The molecule has 0 fully saturated rings. The Hall–Kier alpha value is -1.60. The van der Waals surface area contributed by atoms with Crippen LogP contribution in [-0.2, 0) is 6.18 Å². The van der Waals surface area contributed by atoms with E-state index < -0.39 is 29.6 Å². The van der Waals surface area contributed by atoms with Crippen LogP contribution in [0.2, 0.25) is 0 Å². The summed E-state index contributed by atoms with van der Waals surface area (Å²) in [7, 11) is 0. The third kappa shape index (κ3) is 3.93. The van der Waals surface area contributed by atoms with Gasteiger partial charge in [0.05, 0.1) is 6.61 Å². The second-order valence-corrected chi connectivity index (χ2v) is 3.56. The molecule has 0 aliphatic rings. The van der Waals surface area contributed by atoms with Crippen LogP contribution in [0.15, 0.2) is 12.1 Å². The van der Waals surface area contributed by atoms with E-state index in [0.717, 1.165) is 19.1 Å². The number of alkyl halides is 6. The first-order valence-electron chi connectivity index (χ1n) is 5.15. The van der Waals surface area contributed by atoms with Crippen molar-refractivity contribution in [3.63, 3.8) is 0 Å². The molecule has 0 unspecified atom stereocenters. The number of rotatable bonds is 3. The van der Waals surface area contributed by atoms with E-state index in [2.05, 4.69) is 4.74 Å². The lowest BCUT2D eigenvalue weighted by Gasteiger charge is -2.20. The molecule has 0 spiro atoms. The molecule has 19 heavy (non-hydrogen) atoms. The number of ether oxygens (including phenoxy) is 2. The molecule has 0 aromatic heterocycles. The Morgan fingerprint density at radius 2 is 1.63 bits per heavy atom. The summed E-state index contributed by atoms with van der Waals surface area (Å²) in [5, 5.41) is 0. The van der Waals surface area contributed by atoms with Crippen LogP contribution in [0, 0.1) is 6.92 Å². The van der Waals surface area contributed by atoms with Crippen LogP contribution in [0.4, 0.5) is 26.3 Å². The van der Waals surface area contributed by atoms with Crippen molar-refractivity contribution in [1.82, 2.24) is 0 Å². The predicted octanol–water partition coefficient (Wildman–Crippen LogP) is 4.31. The van der Waals surface area contributed by atoms with Crippen molar-refractivity contribution in [2.75, 3.05) is 6.61 Å². The largest absolute Gasteiger partial charge is 0.573 e. The maximum atomic E-state index is 12.9. The minimum absolute atomic E-state index is 0.113. The quantitative estimate of drug-likeness (QED) is 0.771. The molecule has 1 rings (SSSR count). The van der Waals surface area contributed by atoms with Gasteiger partial charge in [0.2, 0.25) is 0 Å². The number of benzene rings is 1. The highest BCUT2D eigenvalue weighted by molar-refractivity contribution is 5.51. The van der Waals surface area contributed by atoms with Gasteiger partial charge in [-0.25, -0.2) is 0 Å². The van der Waals surface area contributed by atoms with Gasteiger partial charge in [-0.2, -0.15) is 13.2 Å². The maximum Gasteiger partial charge on any atom is 0.573 e. The van der Waals surface area contributed by atoms with E-state index in [0.29, 0.717) is 0 Å². The third-order valence-corrected chi connectivity index (χ3v) is 2.12. The van der Waals surface area contributed by atoms with Crippen molar-refractivity contribution < 1.29 is 35.8 Å². The molecule has 1 aromatic carbocycles. The van der Waals surface area contributed by atoms with Crippen LogP contribution in [0.1, 0.15) is 18.1 Å². The highest BCUT2D eigenvalue weighted by Gasteiger charge is 2.42. The van der Waals surface area contributed by atoms with Crippen LogP contribution in [0.3, 0.4) is 0 Å². The summed E-state index contributed by atoms with van der Waals surface area (Å²) in [4.78, 5) is 0. The van der Waals surface area contributed by atoms with Gasteiger partial charge in [-0.05, 0) is 25.5 Å². The summed E-state index contributed by atoms with van der Waals surface area (Å²) in [5.74, 6) is -1.98. The lowest BCUT2D eigenvalue weighted by atomic mass is 10.1. The van der Waals surface area contributed by atoms with Gasteiger partial charge in [-0.3, -0.25) is 0 Å². The van der Waals surface area contributed by atoms with Crippen molar-refractivity contribution in [2.24, 2.45) is 0 Å². The Bertz CT molecular complexity index is 450. The second kappa shape index (κ2) is 5.18. The highest BCUT2D eigenvalue weighted by Crippen LogP contribution is 2.45. The zero-order chi connectivity index (χ0) is 14.8. The van der Waals surface area contributed by atoms with Crippen LogP contribution >= 0.6 is 0 Å². The summed E-state index contributed by atoms with van der Waals surface area (Å²) in [6, 6.07) is 2.03. The third-order valence-electron chi connectivity index (χ3n) is 2.12. The van der Waals surface area contributed by atoms with E-state index >= 15 is 0 Å².